The third kappa shape index (κ3) is 4.78. The van der Waals surface area contributed by atoms with E-state index < -0.39 is 0 Å². The van der Waals surface area contributed by atoms with Gasteiger partial charge in [-0.1, -0.05) is 103 Å². The van der Waals surface area contributed by atoms with Gasteiger partial charge in [-0.3, -0.25) is 0 Å². The van der Waals surface area contributed by atoms with Crippen molar-refractivity contribution < 1.29 is 9.15 Å². The Morgan fingerprint density at radius 2 is 0.963 bits per heavy atom. The van der Waals surface area contributed by atoms with Gasteiger partial charge in [0.1, 0.15) is 17.1 Å². The first-order valence-electron chi connectivity index (χ1n) is 18.3. The Balaban J connectivity index is 1.07. The first-order valence-corrected chi connectivity index (χ1v) is 18.3. The summed E-state index contributed by atoms with van der Waals surface area (Å²) in [5.41, 5.74) is 10.3. The molecular formula is C50H32N2O2. The molecule has 10 aromatic rings. The van der Waals surface area contributed by atoms with Crippen LogP contribution >= 0.6 is 0 Å². The number of hydrogen-bond acceptors (Lipinski definition) is 4. The molecule has 11 rings (SSSR count). The number of benzene rings is 9. The molecule has 254 valence electrons. The molecule has 0 fully saturated rings. The molecule has 4 nitrogen and oxygen atoms in total. The van der Waals surface area contributed by atoms with Gasteiger partial charge in [0.2, 0.25) is 0 Å². The third-order valence-corrected chi connectivity index (χ3v) is 10.6. The standard InChI is InChI=1S/C50H32N2O2/c1-4-14-34(15-5-1)51(35-16-6-2-7-17-35)37-27-26-33-30-44-40-29-28-38(32-48(40)53-47-25-13-21-41(49(44)47)43(33)31-37)52(36-18-8-3-9-19-36)45-23-12-22-42-39-20-10-11-24-46(39)54-50(42)45/h1-32H. The molecule has 1 aliphatic heterocycles. The fraction of sp³-hybridized carbons (Fsp3) is 0. The van der Waals surface area contributed by atoms with E-state index in [-0.39, 0.29) is 0 Å². The van der Waals surface area contributed by atoms with Gasteiger partial charge in [0.05, 0.1) is 11.4 Å². The van der Waals surface area contributed by atoms with E-state index in [2.05, 4.69) is 186 Å². The number of nitrogens with zero attached hydrogens (tertiary/aromatic N) is 2. The highest BCUT2D eigenvalue weighted by molar-refractivity contribution is 6.18. The van der Waals surface area contributed by atoms with Crippen molar-refractivity contribution in [2.45, 2.75) is 0 Å². The Morgan fingerprint density at radius 3 is 1.72 bits per heavy atom. The summed E-state index contributed by atoms with van der Waals surface area (Å²) >= 11 is 0. The normalized spacial score (nSPS) is 11.9. The van der Waals surface area contributed by atoms with Crippen molar-refractivity contribution >= 4 is 77.6 Å². The highest BCUT2D eigenvalue weighted by Crippen LogP contribution is 2.52. The van der Waals surface area contributed by atoms with Crippen molar-refractivity contribution in [1.29, 1.82) is 0 Å². The highest BCUT2D eigenvalue weighted by Gasteiger charge is 2.25. The van der Waals surface area contributed by atoms with Crippen molar-refractivity contribution in [1.82, 2.24) is 0 Å². The lowest BCUT2D eigenvalue weighted by Gasteiger charge is -2.28. The fourth-order valence-corrected chi connectivity index (χ4v) is 8.19. The smallest absolute Gasteiger partial charge is 0.159 e. The molecule has 0 radical (unpaired) electrons. The molecule has 4 heteroatoms. The van der Waals surface area contributed by atoms with Crippen LogP contribution in [0.5, 0.6) is 11.5 Å². The zero-order valence-corrected chi connectivity index (χ0v) is 29.2. The topological polar surface area (TPSA) is 28.9 Å². The van der Waals surface area contributed by atoms with Crippen molar-refractivity contribution in [3.63, 3.8) is 0 Å². The fourth-order valence-electron chi connectivity index (χ4n) is 8.19. The van der Waals surface area contributed by atoms with Crippen LogP contribution in [0.1, 0.15) is 0 Å². The summed E-state index contributed by atoms with van der Waals surface area (Å²) in [6, 6.07) is 68.2. The van der Waals surface area contributed by atoms with E-state index in [1.807, 2.05) is 18.2 Å². The van der Waals surface area contributed by atoms with Crippen LogP contribution in [0.15, 0.2) is 199 Å². The average Bonchev–Trinajstić information content (AvgIpc) is 3.62. The number of anilines is 6. The van der Waals surface area contributed by atoms with E-state index in [0.717, 1.165) is 78.5 Å². The zero-order valence-electron chi connectivity index (χ0n) is 29.2. The zero-order chi connectivity index (χ0) is 35.6. The van der Waals surface area contributed by atoms with E-state index in [4.69, 9.17) is 9.15 Å². The minimum absolute atomic E-state index is 0.820. The molecular weight excluding hydrogens is 661 g/mol. The SMILES string of the molecule is c1ccc(N(c2ccccc2)c2ccc3cc4c5c(cccc5c3c2)Oc2cc(N(c3ccccc3)c3cccc5c3oc3ccccc35)ccc2-4)cc1. The van der Waals surface area contributed by atoms with Gasteiger partial charge >= 0.3 is 0 Å². The van der Waals surface area contributed by atoms with Gasteiger partial charge in [-0.05, 0) is 107 Å². The maximum atomic E-state index is 6.85. The monoisotopic (exact) mass is 692 g/mol. The van der Waals surface area contributed by atoms with Crippen molar-refractivity contribution in [2.24, 2.45) is 0 Å². The first-order chi connectivity index (χ1) is 26.8. The van der Waals surface area contributed by atoms with E-state index >= 15 is 0 Å². The molecule has 0 spiro atoms. The minimum Gasteiger partial charge on any atom is -0.456 e. The number of ether oxygens (including phenoxy) is 1. The number of rotatable bonds is 6. The Kier molecular flexibility index (Phi) is 6.82. The quantitative estimate of drug-likeness (QED) is 0.162. The van der Waals surface area contributed by atoms with Gasteiger partial charge in [0, 0.05) is 50.5 Å². The van der Waals surface area contributed by atoms with E-state index in [9.17, 15) is 0 Å². The van der Waals surface area contributed by atoms with E-state index in [1.54, 1.807) is 0 Å². The second-order valence-corrected chi connectivity index (χ2v) is 13.7. The maximum absolute atomic E-state index is 6.85. The van der Waals surface area contributed by atoms with Crippen molar-refractivity contribution in [3.05, 3.63) is 194 Å². The molecule has 0 N–H and O–H groups in total. The number of para-hydroxylation sites is 5. The van der Waals surface area contributed by atoms with E-state index in [1.165, 1.54) is 21.7 Å². The maximum Gasteiger partial charge on any atom is 0.159 e. The summed E-state index contributed by atoms with van der Waals surface area (Å²) in [7, 11) is 0. The number of hydrogen-bond donors (Lipinski definition) is 0. The lowest BCUT2D eigenvalue weighted by Crippen LogP contribution is -2.11. The van der Waals surface area contributed by atoms with Crippen LogP contribution < -0.4 is 14.5 Å². The summed E-state index contributed by atoms with van der Waals surface area (Å²) < 4.78 is 13.4. The second kappa shape index (κ2) is 12.1. The lowest BCUT2D eigenvalue weighted by molar-refractivity contribution is 0.487. The van der Waals surface area contributed by atoms with Crippen LogP contribution in [0.4, 0.5) is 34.1 Å². The second-order valence-electron chi connectivity index (χ2n) is 13.7. The predicted molar refractivity (Wildman–Crippen MR) is 224 cm³/mol. The molecule has 0 atom stereocenters. The highest BCUT2D eigenvalue weighted by atomic mass is 16.5. The predicted octanol–water partition coefficient (Wildman–Crippen LogP) is 14.6. The van der Waals surface area contributed by atoms with Crippen LogP contribution in [0.3, 0.4) is 0 Å². The third-order valence-electron chi connectivity index (χ3n) is 10.6. The van der Waals surface area contributed by atoms with Crippen molar-refractivity contribution in [2.75, 3.05) is 9.80 Å². The van der Waals surface area contributed by atoms with Gasteiger partial charge in [-0.25, -0.2) is 0 Å². The summed E-state index contributed by atoms with van der Waals surface area (Å²) in [6.07, 6.45) is 0. The average molecular weight is 693 g/mol. The van der Waals surface area contributed by atoms with Crippen LogP contribution in [-0.4, -0.2) is 0 Å². The van der Waals surface area contributed by atoms with Crippen LogP contribution in [-0.2, 0) is 0 Å². The molecule has 1 aliphatic rings. The summed E-state index contributed by atoms with van der Waals surface area (Å²) in [4.78, 5) is 4.57. The lowest BCUT2D eigenvalue weighted by atomic mass is 9.90. The minimum atomic E-state index is 0.820. The van der Waals surface area contributed by atoms with Gasteiger partial charge < -0.3 is 19.0 Å². The Labute approximate surface area is 312 Å². The van der Waals surface area contributed by atoms with Gasteiger partial charge in [0.25, 0.3) is 0 Å². The summed E-state index contributed by atoms with van der Waals surface area (Å²) in [5, 5.41) is 6.85. The molecule has 9 aromatic carbocycles. The van der Waals surface area contributed by atoms with Gasteiger partial charge in [-0.2, -0.15) is 0 Å². The molecule has 0 saturated carbocycles. The molecule has 2 heterocycles. The van der Waals surface area contributed by atoms with Gasteiger partial charge in [-0.15, -0.1) is 0 Å². The van der Waals surface area contributed by atoms with Crippen LogP contribution in [0, 0.1) is 0 Å². The molecule has 0 aliphatic carbocycles. The van der Waals surface area contributed by atoms with Crippen LogP contribution in [0.2, 0.25) is 0 Å². The molecule has 0 saturated heterocycles. The van der Waals surface area contributed by atoms with Crippen LogP contribution in [0.25, 0.3) is 54.6 Å². The number of furan rings is 1. The van der Waals surface area contributed by atoms with Gasteiger partial charge in [0.15, 0.2) is 5.58 Å². The summed E-state index contributed by atoms with van der Waals surface area (Å²) in [6.45, 7) is 0. The molecule has 0 unspecified atom stereocenters. The Bertz CT molecular complexity index is 2990. The number of fused-ring (bicyclic) bond motifs is 7. The largest absolute Gasteiger partial charge is 0.456 e. The molecule has 1 aromatic heterocycles. The first kappa shape index (κ1) is 30.3. The molecule has 0 bridgehead atoms. The Hall–Kier alpha value is -7.30. The van der Waals surface area contributed by atoms with E-state index in [0.29, 0.717) is 0 Å². The molecule has 54 heavy (non-hydrogen) atoms. The Morgan fingerprint density at radius 1 is 0.352 bits per heavy atom. The summed E-state index contributed by atoms with van der Waals surface area (Å²) in [5.74, 6) is 1.67. The van der Waals surface area contributed by atoms with Crippen molar-refractivity contribution in [3.8, 4) is 22.6 Å². The molecule has 0 amide bonds.